The Morgan fingerprint density at radius 3 is 2.84 bits per heavy atom. The van der Waals surface area contributed by atoms with Gasteiger partial charge in [-0.05, 0) is 44.4 Å². The second kappa shape index (κ2) is 8.37. The van der Waals surface area contributed by atoms with Gasteiger partial charge in [0.05, 0.1) is 30.0 Å². The van der Waals surface area contributed by atoms with Gasteiger partial charge in [-0.3, -0.25) is 14.9 Å². The highest BCUT2D eigenvalue weighted by Gasteiger charge is 2.39. The largest absolute Gasteiger partial charge is 0.450 e. The lowest BCUT2D eigenvalue weighted by Crippen LogP contribution is -2.53. The van der Waals surface area contributed by atoms with Gasteiger partial charge in [0.15, 0.2) is 0 Å². The number of carbonyl (C=O) groups is 3. The summed E-state index contributed by atoms with van der Waals surface area (Å²) in [5.74, 6) is 0.404. The first-order valence-electron chi connectivity index (χ1n) is 8.95. The van der Waals surface area contributed by atoms with Crippen LogP contribution in [0.3, 0.4) is 0 Å². The second-order valence-electron chi connectivity index (χ2n) is 6.73. The highest BCUT2D eigenvalue weighted by atomic mass is 32.2. The van der Waals surface area contributed by atoms with Gasteiger partial charge in [-0.2, -0.15) is 0 Å². The van der Waals surface area contributed by atoms with E-state index in [-0.39, 0.29) is 29.7 Å². The number of carbonyl (C=O) groups excluding carboxylic acids is 3. The topological polar surface area (TPSA) is 109 Å². The molecule has 0 aromatic heterocycles. The third-order valence-corrected chi connectivity index (χ3v) is 6.38. The minimum absolute atomic E-state index is 0.00816. The molecule has 3 fully saturated rings. The van der Waals surface area contributed by atoms with Crippen LogP contribution in [0.5, 0.6) is 0 Å². The van der Waals surface area contributed by atoms with E-state index in [2.05, 4.69) is 21.3 Å². The summed E-state index contributed by atoms with van der Waals surface area (Å²) in [5.41, 5.74) is 0. The molecule has 0 spiro atoms. The van der Waals surface area contributed by atoms with Gasteiger partial charge >= 0.3 is 6.09 Å². The Labute approximate surface area is 151 Å². The fourth-order valence-electron chi connectivity index (χ4n) is 3.79. The molecule has 0 bridgehead atoms. The SMILES string of the molecule is CCOC(=O)NC(=O)C1CCSC1NC(=O)C1CNC2NCCC2C1. The number of alkyl carbamates (subject to hydrolysis) is 1. The van der Waals surface area contributed by atoms with E-state index in [0.29, 0.717) is 25.0 Å². The van der Waals surface area contributed by atoms with Crippen LogP contribution in [-0.2, 0) is 14.3 Å². The molecule has 3 saturated heterocycles. The average Bonchev–Trinajstić information content (AvgIpc) is 3.22. The highest BCUT2D eigenvalue weighted by molar-refractivity contribution is 8.00. The van der Waals surface area contributed by atoms with Crippen LogP contribution in [0.2, 0.25) is 0 Å². The Balaban J connectivity index is 1.51. The van der Waals surface area contributed by atoms with Crippen molar-refractivity contribution in [2.24, 2.45) is 17.8 Å². The maximum absolute atomic E-state index is 12.6. The van der Waals surface area contributed by atoms with Gasteiger partial charge in [-0.15, -0.1) is 11.8 Å². The highest BCUT2D eigenvalue weighted by Crippen LogP contribution is 2.32. The molecule has 5 unspecified atom stereocenters. The second-order valence-corrected chi connectivity index (χ2v) is 7.98. The molecule has 0 saturated carbocycles. The standard InChI is InChI=1S/C16H26N4O4S/c1-2-24-16(23)20-14(22)11-4-6-25-15(11)19-13(21)10-7-9-3-5-17-12(9)18-8-10/h9-12,15,17-18H,2-8H2,1H3,(H,19,21)(H,20,22,23). The third kappa shape index (κ3) is 4.45. The monoisotopic (exact) mass is 370 g/mol. The molecular formula is C16H26N4O4S. The summed E-state index contributed by atoms with van der Waals surface area (Å²) in [4.78, 5) is 36.3. The number of hydrogen-bond donors (Lipinski definition) is 4. The molecule has 140 valence electrons. The van der Waals surface area contributed by atoms with Crippen molar-refractivity contribution in [3.63, 3.8) is 0 Å². The Kier molecular flexibility index (Phi) is 6.19. The zero-order valence-electron chi connectivity index (χ0n) is 14.4. The molecule has 3 aliphatic heterocycles. The summed E-state index contributed by atoms with van der Waals surface area (Å²) >= 11 is 1.55. The van der Waals surface area contributed by atoms with Gasteiger partial charge < -0.3 is 20.7 Å². The van der Waals surface area contributed by atoms with E-state index >= 15 is 0 Å². The lowest BCUT2D eigenvalue weighted by Gasteiger charge is -2.32. The molecule has 0 aromatic carbocycles. The normalized spacial score (nSPS) is 34.2. The van der Waals surface area contributed by atoms with Crippen LogP contribution < -0.4 is 21.3 Å². The number of amides is 3. The van der Waals surface area contributed by atoms with Gasteiger partial charge in [-0.1, -0.05) is 0 Å². The molecule has 9 heteroatoms. The number of piperidine rings is 1. The zero-order valence-corrected chi connectivity index (χ0v) is 15.2. The average molecular weight is 370 g/mol. The number of nitrogens with one attached hydrogen (secondary N) is 4. The van der Waals surface area contributed by atoms with E-state index in [4.69, 9.17) is 4.74 Å². The first-order chi connectivity index (χ1) is 12.1. The quantitative estimate of drug-likeness (QED) is 0.552. The van der Waals surface area contributed by atoms with Crippen LogP contribution in [0.1, 0.15) is 26.2 Å². The Morgan fingerprint density at radius 1 is 1.20 bits per heavy atom. The molecule has 4 N–H and O–H groups in total. The van der Waals surface area contributed by atoms with E-state index < -0.39 is 12.0 Å². The summed E-state index contributed by atoms with van der Waals surface area (Å²) in [7, 11) is 0. The van der Waals surface area contributed by atoms with Crippen molar-refractivity contribution < 1.29 is 19.1 Å². The zero-order chi connectivity index (χ0) is 17.8. The van der Waals surface area contributed by atoms with Crippen LogP contribution in [-0.4, -0.2) is 54.9 Å². The van der Waals surface area contributed by atoms with Gasteiger partial charge in [0.25, 0.3) is 0 Å². The van der Waals surface area contributed by atoms with Crippen LogP contribution >= 0.6 is 11.8 Å². The Hall–Kier alpha value is -1.32. The number of imide groups is 1. The fourth-order valence-corrected chi connectivity index (χ4v) is 5.12. The Bertz CT molecular complexity index is 532. The summed E-state index contributed by atoms with van der Waals surface area (Å²) in [5, 5.41) is 11.8. The lowest BCUT2D eigenvalue weighted by molar-refractivity contribution is -0.127. The van der Waals surface area contributed by atoms with Crippen molar-refractivity contribution in [2.45, 2.75) is 37.7 Å². The third-order valence-electron chi connectivity index (χ3n) is 5.11. The van der Waals surface area contributed by atoms with Gasteiger partial charge in [-0.25, -0.2) is 4.79 Å². The minimum Gasteiger partial charge on any atom is -0.450 e. The molecule has 8 nitrogen and oxygen atoms in total. The van der Waals surface area contributed by atoms with E-state index in [1.165, 1.54) is 0 Å². The molecular weight excluding hydrogens is 344 g/mol. The summed E-state index contributed by atoms with van der Waals surface area (Å²) in [6.07, 6.45) is 2.19. The molecule has 5 atom stereocenters. The fraction of sp³-hybridized carbons (Fsp3) is 0.812. The number of hydrogen-bond acceptors (Lipinski definition) is 7. The van der Waals surface area contributed by atoms with E-state index in [0.717, 1.165) is 25.1 Å². The number of ether oxygens (including phenoxy) is 1. The maximum Gasteiger partial charge on any atom is 0.413 e. The van der Waals surface area contributed by atoms with Crippen molar-refractivity contribution in [3.05, 3.63) is 0 Å². The lowest BCUT2D eigenvalue weighted by atomic mass is 9.87. The predicted octanol–water partition coefficient (Wildman–Crippen LogP) is -0.000400. The van der Waals surface area contributed by atoms with Crippen LogP contribution in [0.15, 0.2) is 0 Å². The molecule has 0 aromatic rings. The van der Waals surface area contributed by atoms with Crippen molar-refractivity contribution >= 4 is 29.7 Å². The van der Waals surface area contributed by atoms with Crippen molar-refractivity contribution in [1.29, 1.82) is 0 Å². The van der Waals surface area contributed by atoms with Gasteiger partial charge in [0.2, 0.25) is 11.8 Å². The van der Waals surface area contributed by atoms with Crippen molar-refractivity contribution in [3.8, 4) is 0 Å². The summed E-state index contributed by atoms with van der Waals surface area (Å²) in [6.45, 7) is 3.54. The number of fused-ring (bicyclic) bond motifs is 1. The maximum atomic E-state index is 12.6. The molecule has 3 aliphatic rings. The minimum atomic E-state index is -0.731. The molecule has 0 radical (unpaired) electrons. The molecule has 25 heavy (non-hydrogen) atoms. The first kappa shape index (κ1) is 18.5. The Morgan fingerprint density at radius 2 is 2.04 bits per heavy atom. The molecule has 3 heterocycles. The predicted molar refractivity (Wildman–Crippen MR) is 93.7 cm³/mol. The van der Waals surface area contributed by atoms with Crippen molar-refractivity contribution in [2.75, 3.05) is 25.4 Å². The smallest absolute Gasteiger partial charge is 0.413 e. The first-order valence-corrected chi connectivity index (χ1v) is 9.99. The molecule has 3 rings (SSSR count). The van der Waals surface area contributed by atoms with Crippen LogP contribution in [0.25, 0.3) is 0 Å². The van der Waals surface area contributed by atoms with E-state index in [9.17, 15) is 14.4 Å². The van der Waals surface area contributed by atoms with Gasteiger partial charge in [0, 0.05) is 6.54 Å². The van der Waals surface area contributed by atoms with E-state index in [1.807, 2.05) is 0 Å². The van der Waals surface area contributed by atoms with Gasteiger partial charge in [0.1, 0.15) is 0 Å². The molecule has 3 amide bonds. The van der Waals surface area contributed by atoms with Crippen LogP contribution in [0.4, 0.5) is 4.79 Å². The number of thioether (sulfide) groups is 1. The van der Waals surface area contributed by atoms with E-state index in [1.54, 1.807) is 18.7 Å². The number of rotatable bonds is 4. The van der Waals surface area contributed by atoms with Crippen LogP contribution in [0, 0.1) is 17.8 Å². The molecule has 0 aliphatic carbocycles. The summed E-state index contributed by atoms with van der Waals surface area (Å²) in [6, 6.07) is 0. The summed E-state index contributed by atoms with van der Waals surface area (Å²) < 4.78 is 4.74. The van der Waals surface area contributed by atoms with Crippen molar-refractivity contribution in [1.82, 2.24) is 21.3 Å².